The molecule has 1 nitrogen and oxygen atoms in total. The third-order valence-electron chi connectivity index (χ3n) is 2.25. The summed E-state index contributed by atoms with van der Waals surface area (Å²) in [5.41, 5.74) is 2.62. The van der Waals surface area contributed by atoms with Crippen LogP contribution in [0.4, 0.5) is 0 Å². The molecular weight excluding hydrogens is 196 g/mol. The quantitative estimate of drug-likeness (QED) is 0.604. The van der Waals surface area contributed by atoms with Crippen LogP contribution in [0.25, 0.3) is 0 Å². The Morgan fingerprint density at radius 3 is 2.31 bits per heavy atom. The maximum absolute atomic E-state index is 5.54. The lowest BCUT2D eigenvalue weighted by Gasteiger charge is -2.01. The Bertz CT molecular complexity index is 291. The molecule has 0 aliphatic carbocycles. The molecule has 1 heteroatoms. The molecule has 1 unspecified atom stereocenters. The molecule has 0 amide bonds. The van der Waals surface area contributed by atoms with E-state index in [4.69, 9.17) is 4.74 Å². The molecule has 0 radical (unpaired) electrons. The summed E-state index contributed by atoms with van der Waals surface area (Å²) in [5, 5.41) is 0. The van der Waals surface area contributed by atoms with Gasteiger partial charge in [-0.05, 0) is 12.5 Å². The van der Waals surface area contributed by atoms with Gasteiger partial charge in [0.2, 0.25) is 0 Å². The van der Waals surface area contributed by atoms with Crippen LogP contribution in [-0.2, 0) is 0 Å². The highest BCUT2D eigenvalue weighted by Crippen LogP contribution is 2.35. The van der Waals surface area contributed by atoms with Gasteiger partial charge in [0, 0.05) is 11.5 Å². The Balaban J connectivity index is 0.000000394. The van der Waals surface area contributed by atoms with Crippen molar-refractivity contribution >= 4 is 0 Å². The first kappa shape index (κ1) is 15.0. The molecular formula is C15H26O. The van der Waals surface area contributed by atoms with E-state index in [1.54, 1.807) is 0 Å². The lowest BCUT2D eigenvalue weighted by molar-refractivity contribution is 0.335. The van der Waals surface area contributed by atoms with Crippen molar-refractivity contribution in [2.45, 2.75) is 53.9 Å². The molecule has 1 aliphatic rings. The topological polar surface area (TPSA) is 9.23 Å². The molecule has 0 saturated carbocycles. The highest BCUT2D eigenvalue weighted by molar-refractivity contribution is 5.45. The summed E-state index contributed by atoms with van der Waals surface area (Å²) in [6.07, 6.45) is 1.25. The average molecular weight is 222 g/mol. The molecule has 0 aromatic heterocycles. The molecule has 0 spiro atoms. The fraction of sp³-hybridized carbons (Fsp3) is 0.600. The van der Waals surface area contributed by atoms with Gasteiger partial charge in [0.1, 0.15) is 5.75 Å². The lowest BCUT2D eigenvalue weighted by atomic mass is 10.0. The molecule has 2 rings (SSSR count). The number of rotatable bonds is 0. The van der Waals surface area contributed by atoms with Gasteiger partial charge in [0.25, 0.3) is 0 Å². The minimum Gasteiger partial charge on any atom is -0.492 e. The van der Waals surface area contributed by atoms with Crippen molar-refractivity contribution < 1.29 is 4.74 Å². The summed E-state index contributed by atoms with van der Waals surface area (Å²) < 4.78 is 5.54. The van der Waals surface area contributed by atoms with Gasteiger partial charge in [0.05, 0.1) is 6.61 Å². The van der Waals surface area contributed by atoms with Crippen molar-refractivity contribution in [3.05, 3.63) is 29.3 Å². The predicted octanol–water partition coefficient (Wildman–Crippen LogP) is 4.93. The van der Waals surface area contributed by atoms with Crippen LogP contribution in [0.2, 0.25) is 0 Å². The molecule has 0 saturated heterocycles. The van der Waals surface area contributed by atoms with Crippen LogP contribution in [0.3, 0.4) is 0 Å². The Morgan fingerprint density at radius 1 is 1.25 bits per heavy atom. The zero-order chi connectivity index (χ0) is 12.6. The van der Waals surface area contributed by atoms with E-state index in [0.717, 1.165) is 12.4 Å². The monoisotopic (exact) mass is 222 g/mol. The van der Waals surface area contributed by atoms with Crippen molar-refractivity contribution in [2.24, 2.45) is 0 Å². The van der Waals surface area contributed by atoms with Crippen LogP contribution < -0.4 is 4.74 Å². The van der Waals surface area contributed by atoms with Gasteiger partial charge in [-0.3, -0.25) is 0 Å². The number of hydrogen-bond donors (Lipinski definition) is 0. The molecule has 1 aromatic carbocycles. The van der Waals surface area contributed by atoms with Crippen molar-refractivity contribution in [2.75, 3.05) is 6.61 Å². The standard InChI is InChI=1S/C10H12O.C3H8.C2H6/c1-7-4-3-5-9-8(2)6-11-10(7)9;1-3-2;1-2/h3-5,8H,6H2,1-2H3;3H2,1-2H3;1-2H3. The van der Waals surface area contributed by atoms with E-state index in [2.05, 4.69) is 45.9 Å². The number of aryl methyl sites for hydroxylation is 1. The molecule has 1 aromatic rings. The lowest BCUT2D eigenvalue weighted by Crippen LogP contribution is -1.93. The van der Waals surface area contributed by atoms with Crippen LogP contribution in [0, 0.1) is 6.92 Å². The Labute approximate surface area is 101 Å². The largest absolute Gasteiger partial charge is 0.492 e. The first-order chi connectivity index (χ1) is 7.70. The normalized spacial score (nSPS) is 16.0. The second kappa shape index (κ2) is 8.20. The number of benzene rings is 1. The van der Waals surface area contributed by atoms with Gasteiger partial charge < -0.3 is 4.74 Å². The van der Waals surface area contributed by atoms with Crippen molar-refractivity contribution in [1.29, 1.82) is 0 Å². The summed E-state index contributed by atoms with van der Waals surface area (Å²) >= 11 is 0. The molecule has 0 N–H and O–H groups in total. The minimum atomic E-state index is 0.574. The summed E-state index contributed by atoms with van der Waals surface area (Å²) in [5.74, 6) is 1.69. The fourth-order valence-electron chi connectivity index (χ4n) is 1.56. The zero-order valence-electron chi connectivity index (χ0n) is 11.6. The molecule has 0 fully saturated rings. The van der Waals surface area contributed by atoms with Crippen molar-refractivity contribution in [3.8, 4) is 5.75 Å². The first-order valence-corrected chi connectivity index (χ1v) is 6.43. The molecule has 92 valence electrons. The van der Waals surface area contributed by atoms with Crippen LogP contribution in [-0.4, -0.2) is 6.61 Å². The Kier molecular flexibility index (Phi) is 7.70. The summed E-state index contributed by atoms with van der Waals surface area (Å²) in [6.45, 7) is 13.4. The second-order valence-corrected chi connectivity index (χ2v) is 3.91. The van der Waals surface area contributed by atoms with Gasteiger partial charge in [-0.2, -0.15) is 0 Å². The Morgan fingerprint density at radius 2 is 1.81 bits per heavy atom. The van der Waals surface area contributed by atoms with Gasteiger partial charge >= 0.3 is 0 Å². The molecule has 1 atom stereocenters. The third-order valence-corrected chi connectivity index (χ3v) is 2.25. The smallest absolute Gasteiger partial charge is 0.125 e. The highest BCUT2D eigenvalue weighted by atomic mass is 16.5. The van der Waals surface area contributed by atoms with Crippen LogP contribution >= 0.6 is 0 Å². The Hall–Kier alpha value is -0.980. The molecule has 16 heavy (non-hydrogen) atoms. The van der Waals surface area contributed by atoms with E-state index in [9.17, 15) is 0 Å². The molecule has 1 aliphatic heterocycles. The third kappa shape index (κ3) is 3.88. The van der Waals surface area contributed by atoms with E-state index in [1.165, 1.54) is 17.5 Å². The van der Waals surface area contributed by atoms with E-state index in [0.29, 0.717) is 5.92 Å². The van der Waals surface area contributed by atoms with E-state index in [-0.39, 0.29) is 0 Å². The van der Waals surface area contributed by atoms with Crippen molar-refractivity contribution in [1.82, 2.24) is 0 Å². The number of ether oxygens (including phenoxy) is 1. The van der Waals surface area contributed by atoms with E-state index in [1.807, 2.05) is 13.8 Å². The van der Waals surface area contributed by atoms with Gasteiger partial charge in [0.15, 0.2) is 0 Å². The average Bonchev–Trinajstić information content (AvgIpc) is 2.66. The highest BCUT2D eigenvalue weighted by Gasteiger charge is 2.20. The SMILES string of the molecule is CC.CCC.Cc1cccc2c1OCC2C. The first-order valence-electron chi connectivity index (χ1n) is 6.43. The summed E-state index contributed by atoms with van der Waals surface area (Å²) in [4.78, 5) is 0. The van der Waals surface area contributed by atoms with Gasteiger partial charge in [-0.25, -0.2) is 0 Å². The van der Waals surface area contributed by atoms with E-state index >= 15 is 0 Å². The second-order valence-electron chi connectivity index (χ2n) is 3.91. The fourth-order valence-corrected chi connectivity index (χ4v) is 1.56. The maximum Gasteiger partial charge on any atom is 0.125 e. The summed E-state index contributed by atoms with van der Waals surface area (Å²) in [7, 11) is 0. The number of para-hydroxylation sites is 1. The molecule has 0 bridgehead atoms. The summed E-state index contributed by atoms with van der Waals surface area (Å²) in [6, 6.07) is 6.34. The predicted molar refractivity (Wildman–Crippen MR) is 72.4 cm³/mol. The van der Waals surface area contributed by atoms with Gasteiger partial charge in [-0.1, -0.05) is 59.2 Å². The van der Waals surface area contributed by atoms with Gasteiger partial charge in [-0.15, -0.1) is 0 Å². The molecule has 1 heterocycles. The zero-order valence-corrected chi connectivity index (χ0v) is 11.6. The van der Waals surface area contributed by atoms with Crippen LogP contribution in [0.1, 0.15) is 58.1 Å². The maximum atomic E-state index is 5.54. The van der Waals surface area contributed by atoms with Crippen LogP contribution in [0.5, 0.6) is 5.75 Å². The number of hydrogen-bond acceptors (Lipinski definition) is 1. The number of fused-ring (bicyclic) bond motifs is 1. The van der Waals surface area contributed by atoms with Crippen LogP contribution in [0.15, 0.2) is 18.2 Å². The minimum absolute atomic E-state index is 0.574. The van der Waals surface area contributed by atoms with E-state index < -0.39 is 0 Å². The van der Waals surface area contributed by atoms with Crippen molar-refractivity contribution in [3.63, 3.8) is 0 Å².